The zero-order valence-corrected chi connectivity index (χ0v) is 23.0. The van der Waals surface area contributed by atoms with E-state index in [-0.39, 0.29) is 17.8 Å². The molecule has 0 bridgehead atoms. The van der Waals surface area contributed by atoms with Gasteiger partial charge in [0.15, 0.2) is 6.29 Å². The second kappa shape index (κ2) is 10.3. The standard InChI is InChI=1S/C30H40O11/c1-28-18(15-2-5-23(34)39-13-15)7-9-30(28,38)19-4-3-16-10-17(6-8-29(16,14-32)20(19)11-22(28)33)40-27-26(37)25(36)24(35)21(12-31)41-27/h2,5,10,13-14,17-22,24-27,31,33,35-38H,3-4,6-9,11-12H2,1H3/t17-,18+,19+,20-,21+,22+,24+,25-,26+,27+,28-,29+,30-/m0/s1. The summed E-state index contributed by atoms with van der Waals surface area (Å²) in [6.07, 6.45) is -0.687. The minimum Gasteiger partial charge on any atom is -0.431 e. The fourth-order valence-corrected chi connectivity index (χ4v) is 9.15. The number of hydrogen-bond donors (Lipinski definition) is 6. The molecule has 11 nitrogen and oxygen atoms in total. The minimum absolute atomic E-state index is 0.209. The topological polar surface area (TPSA) is 187 Å². The van der Waals surface area contributed by atoms with Crippen molar-refractivity contribution >= 4 is 6.29 Å². The molecule has 41 heavy (non-hydrogen) atoms. The Morgan fingerprint density at radius 2 is 1.83 bits per heavy atom. The van der Waals surface area contributed by atoms with Crippen molar-refractivity contribution in [1.29, 1.82) is 0 Å². The lowest BCUT2D eigenvalue weighted by Gasteiger charge is -2.62. The molecule has 11 heteroatoms. The molecular weight excluding hydrogens is 536 g/mol. The van der Waals surface area contributed by atoms with Crippen LogP contribution in [0.1, 0.15) is 63.4 Å². The highest BCUT2D eigenvalue weighted by atomic mass is 16.7. The minimum atomic E-state index is -1.55. The number of fused-ring (bicyclic) bond motifs is 5. The normalized spacial score (nSPS) is 49.4. The van der Waals surface area contributed by atoms with Gasteiger partial charge in [-0.2, -0.15) is 0 Å². The van der Waals surface area contributed by atoms with Crippen molar-refractivity contribution in [1.82, 2.24) is 0 Å². The van der Waals surface area contributed by atoms with Crippen molar-refractivity contribution in [2.75, 3.05) is 6.61 Å². The van der Waals surface area contributed by atoms with E-state index in [4.69, 9.17) is 13.9 Å². The average Bonchev–Trinajstić information content (AvgIpc) is 3.26. The van der Waals surface area contributed by atoms with E-state index < -0.39 is 71.6 Å². The van der Waals surface area contributed by atoms with Gasteiger partial charge in [0.2, 0.25) is 0 Å². The Kier molecular flexibility index (Phi) is 7.35. The predicted octanol–water partition coefficient (Wildman–Crippen LogP) is 0.136. The van der Waals surface area contributed by atoms with E-state index in [1.165, 1.54) is 12.3 Å². The molecule has 13 atom stereocenters. The summed E-state index contributed by atoms with van der Waals surface area (Å²) in [6.45, 7) is 1.36. The van der Waals surface area contributed by atoms with Crippen molar-refractivity contribution in [3.63, 3.8) is 0 Å². The van der Waals surface area contributed by atoms with Crippen molar-refractivity contribution in [3.8, 4) is 0 Å². The summed E-state index contributed by atoms with van der Waals surface area (Å²) in [5, 5.41) is 64.2. The van der Waals surface area contributed by atoms with Crippen molar-refractivity contribution in [2.45, 2.75) is 106 Å². The van der Waals surface area contributed by atoms with Crippen molar-refractivity contribution in [3.05, 3.63) is 46.0 Å². The van der Waals surface area contributed by atoms with Gasteiger partial charge in [0.05, 0.1) is 36.1 Å². The van der Waals surface area contributed by atoms with Crippen LogP contribution in [-0.2, 0) is 14.3 Å². The molecule has 6 rings (SSSR count). The molecular formula is C30H40O11. The summed E-state index contributed by atoms with van der Waals surface area (Å²) in [5.74, 6) is -0.713. The van der Waals surface area contributed by atoms with Crippen LogP contribution in [0.3, 0.4) is 0 Å². The highest BCUT2D eigenvalue weighted by molar-refractivity contribution is 5.67. The zero-order chi connectivity index (χ0) is 29.3. The first-order chi connectivity index (χ1) is 19.5. The lowest BCUT2D eigenvalue weighted by Crippen LogP contribution is -2.66. The van der Waals surface area contributed by atoms with Crippen LogP contribution in [0.2, 0.25) is 0 Å². The maximum atomic E-state index is 12.9. The summed E-state index contributed by atoms with van der Waals surface area (Å²) in [4.78, 5) is 24.5. The van der Waals surface area contributed by atoms with Crippen LogP contribution >= 0.6 is 0 Å². The van der Waals surface area contributed by atoms with E-state index in [2.05, 4.69) is 0 Å². The quantitative estimate of drug-likeness (QED) is 0.207. The largest absolute Gasteiger partial charge is 0.431 e. The van der Waals surface area contributed by atoms with E-state index in [0.29, 0.717) is 44.9 Å². The Balaban J connectivity index is 1.26. The van der Waals surface area contributed by atoms with Crippen LogP contribution in [0.4, 0.5) is 0 Å². The Morgan fingerprint density at radius 3 is 2.51 bits per heavy atom. The molecule has 0 amide bonds. The Labute approximate surface area is 237 Å². The smallest absolute Gasteiger partial charge is 0.335 e. The number of ether oxygens (including phenoxy) is 2. The van der Waals surface area contributed by atoms with E-state index in [1.54, 1.807) is 6.07 Å². The molecule has 4 fully saturated rings. The van der Waals surface area contributed by atoms with Gasteiger partial charge in [-0.15, -0.1) is 0 Å². The third-order valence-electron chi connectivity index (χ3n) is 11.4. The Bertz CT molecular complexity index is 1220. The molecule has 0 unspecified atom stereocenters. The lowest BCUT2D eigenvalue weighted by atomic mass is 9.44. The molecule has 1 saturated heterocycles. The second-order valence-corrected chi connectivity index (χ2v) is 13.0. The van der Waals surface area contributed by atoms with Gasteiger partial charge in [0, 0.05) is 11.5 Å². The first kappa shape index (κ1) is 29.1. The monoisotopic (exact) mass is 576 g/mol. The van der Waals surface area contributed by atoms with Gasteiger partial charge >= 0.3 is 5.63 Å². The van der Waals surface area contributed by atoms with Crippen LogP contribution in [0, 0.1) is 22.7 Å². The molecule has 0 spiro atoms. The number of rotatable bonds is 5. The molecule has 0 radical (unpaired) electrons. The molecule has 2 heterocycles. The SMILES string of the molecule is C[C@]12[C@H](O)C[C@H]3[C@@H](CCC4=C[C@@H](O[C@@H]5O[C@H](CO)[C@@H](O)[C@H](O)[C@H]5O)CC[C@@]43C=O)[C@@]1(O)CC[C@@H]2c1ccc(=O)oc1. The second-order valence-electron chi connectivity index (χ2n) is 13.0. The summed E-state index contributed by atoms with van der Waals surface area (Å²) in [5.41, 5.74) is -1.80. The molecule has 6 N–H and O–H groups in total. The molecule has 5 aliphatic rings. The molecule has 0 aromatic carbocycles. The molecule has 4 aliphatic carbocycles. The van der Waals surface area contributed by atoms with Gasteiger partial charge in [-0.25, -0.2) is 4.79 Å². The molecule has 226 valence electrons. The lowest BCUT2D eigenvalue weighted by molar-refractivity contribution is -0.308. The maximum absolute atomic E-state index is 12.9. The average molecular weight is 577 g/mol. The van der Waals surface area contributed by atoms with E-state index >= 15 is 0 Å². The molecule has 1 aromatic rings. The number of aliphatic hydroxyl groups is 6. The highest BCUT2D eigenvalue weighted by Crippen LogP contribution is 2.69. The van der Waals surface area contributed by atoms with E-state index in [0.717, 1.165) is 17.4 Å². The van der Waals surface area contributed by atoms with Crippen LogP contribution in [0.5, 0.6) is 0 Å². The van der Waals surface area contributed by atoms with Gasteiger partial charge in [0.1, 0.15) is 30.7 Å². The molecule has 3 saturated carbocycles. The number of carbonyl (C=O) groups is 1. The highest BCUT2D eigenvalue weighted by Gasteiger charge is 2.70. The number of aliphatic hydroxyl groups excluding tert-OH is 5. The van der Waals surface area contributed by atoms with Gasteiger partial charge in [-0.05, 0) is 74.3 Å². The van der Waals surface area contributed by atoms with Gasteiger partial charge in [-0.1, -0.05) is 18.6 Å². The van der Waals surface area contributed by atoms with Crippen molar-refractivity contribution in [2.24, 2.45) is 22.7 Å². The maximum Gasteiger partial charge on any atom is 0.335 e. The Morgan fingerprint density at radius 1 is 1.05 bits per heavy atom. The van der Waals surface area contributed by atoms with Crippen LogP contribution < -0.4 is 5.63 Å². The number of allylic oxidation sites excluding steroid dienone is 1. The summed E-state index contributed by atoms with van der Waals surface area (Å²) >= 11 is 0. The summed E-state index contributed by atoms with van der Waals surface area (Å²) in [6, 6.07) is 3.06. The fourth-order valence-electron chi connectivity index (χ4n) is 9.15. The fraction of sp³-hybridized carbons (Fsp3) is 0.733. The number of carbonyl (C=O) groups excluding carboxylic acids is 1. The third kappa shape index (κ3) is 4.16. The molecule has 1 aromatic heterocycles. The number of aldehydes is 1. The van der Waals surface area contributed by atoms with Crippen LogP contribution in [0.15, 0.2) is 39.3 Å². The van der Waals surface area contributed by atoms with Crippen LogP contribution in [0.25, 0.3) is 0 Å². The van der Waals surface area contributed by atoms with Gasteiger partial charge in [-0.3, -0.25) is 0 Å². The predicted molar refractivity (Wildman–Crippen MR) is 141 cm³/mol. The van der Waals surface area contributed by atoms with E-state index in [9.17, 15) is 40.2 Å². The van der Waals surface area contributed by atoms with Gasteiger partial charge in [0.25, 0.3) is 0 Å². The first-order valence-electron chi connectivity index (χ1n) is 14.6. The summed E-state index contributed by atoms with van der Waals surface area (Å²) < 4.78 is 16.6. The van der Waals surface area contributed by atoms with Crippen LogP contribution in [-0.4, -0.2) is 92.0 Å². The van der Waals surface area contributed by atoms with Gasteiger partial charge < -0.3 is 49.3 Å². The third-order valence-corrected chi connectivity index (χ3v) is 11.4. The Hall–Kier alpha value is -1.96. The molecule has 1 aliphatic heterocycles. The van der Waals surface area contributed by atoms with Crippen molar-refractivity contribution < 1.29 is 49.3 Å². The number of hydrogen-bond acceptors (Lipinski definition) is 11. The van der Waals surface area contributed by atoms with E-state index in [1.807, 2.05) is 13.0 Å². The zero-order valence-electron chi connectivity index (χ0n) is 23.0. The summed E-state index contributed by atoms with van der Waals surface area (Å²) in [7, 11) is 0. The first-order valence-corrected chi connectivity index (χ1v) is 14.6.